The van der Waals surface area contributed by atoms with Gasteiger partial charge in [-0.2, -0.15) is 4.98 Å². The van der Waals surface area contributed by atoms with Gasteiger partial charge in [0.25, 0.3) is 0 Å². The Hall–Kier alpha value is -0.940. The summed E-state index contributed by atoms with van der Waals surface area (Å²) in [6.45, 7) is 6.36. The van der Waals surface area contributed by atoms with E-state index in [1.165, 1.54) is 0 Å². The zero-order valence-electron chi connectivity index (χ0n) is 12.1. The Balaban J connectivity index is 2.78. The molecule has 0 aliphatic carbocycles. The summed E-state index contributed by atoms with van der Waals surface area (Å²) in [5, 5.41) is 7.31. The summed E-state index contributed by atoms with van der Waals surface area (Å²) in [5.41, 5.74) is 0. The van der Waals surface area contributed by atoms with Crippen molar-refractivity contribution in [1.29, 1.82) is 0 Å². The molecule has 0 spiro atoms. The Morgan fingerprint density at radius 3 is 2.61 bits per heavy atom. The van der Waals surface area contributed by atoms with Crippen molar-refractivity contribution in [2.24, 2.45) is 0 Å². The van der Waals surface area contributed by atoms with Crippen LogP contribution in [0.2, 0.25) is 0 Å². The van der Waals surface area contributed by atoms with Gasteiger partial charge in [0.1, 0.15) is 6.10 Å². The molecular weight excluding hydrogens is 230 g/mol. The molecule has 0 amide bonds. The molecule has 0 aromatic carbocycles. The van der Waals surface area contributed by atoms with E-state index in [-0.39, 0.29) is 12.0 Å². The SMILES string of the molecule is CCCC(OC)c1noc(C(C)C(CC)NC)n1. The van der Waals surface area contributed by atoms with E-state index in [1.54, 1.807) is 7.11 Å². The van der Waals surface area contributed by atoms with Gasteiger partial charge in [0.2, 0.25) is 11.7 Å². The number of hydrogen-bond donors (Lipinski definition) is 1. The van der Waals surface area contributed by atoms with Crippen molar-refractivity contribution in [2.45, 2.75) is 58.1 Å². The molecule has 1 aromatic rings. The first kappa shape index (κ1) is 15.1. The molecule has 5 heteroatoms. The Kier molecular flexibility index (Phi) is 6.29. The maximum absolute atomic E-state index is 5.38. The van der Waals surface area contributed by atoms with Crippen LogP contribution in [0.3, 0.4) is 0 Å². The number of hydrogen-bond acceptors (Lipinski definition) is 5. The molecule has 1 rings (SSSR count). The van der Waals surface area contributed by atoms with Crippen molar-refractivity contribution in [1.82, 2.24) is 15.5 Å². The minimum atomic E-state index is -0.0608. The number of nitrogens with zero attached hydrogens (tertiary/aromatic N) is 2. The summed E-state index contributed by atoms with van der Waals surface area (Å²) in [6, 6.07) is 0.352. The first-order valence-electron chi connectivity index (χ1n) is 6.71. The van der Waals surface area contributed by atoms with Crippen LogP contribution in [0.1, 0.15) is 63.8 Å². The molecule has 0 aliphatic heterocycles. The zero-order chi connectivity index (χ0) is 13.5. The quantitative estimate of drug-likeness (QED) is 0.774. The van der Waals surface area contributed by atoms with Crippen molar-refractivity contribution >= 4 is 0 Å². The maximum atomic E-state index is 5.38. The summed E-state index contributed by atoms with van der Waals surface area (Å²) >= 11 is 0. The maximum Gasteiger partial charge on any atom is 0.231 e. The highest BCUT2D eigenvalue weighted by molar-refractivity contribution is 4.99. The zero-order valence-corrected chi connectivity index (χ0v) is 12.1. The minimum absolute atomic E-state index is 0.0608. The van der Waals surface area contributed by atoms with Gasteiger partial charge in [0.05, 0.1) is 5.92 Å². The average molecular weight is 255 g/mol. The van der Waals surface area contributed by atoms with Crippen LogP contribution in [-0.2, 0) is 4.74 Å². The van der Waals surface area contributed by atoms with Crippen LogP contribution in [0.25, 0.3) is 0 Å². The van der Waals surface area contributed by atoms with Crippen LogP contribution < -0.4 is 5.32 Å². The summed E-state index contributed by atoms with van der Waals surface area (Å²) < 4.78 is 10.7. The van der Waals surface area contributed by atoms with Gasteiger partial charge in [0.15, 0.2) is 0 Å². The van der Waals surface area contributed by atoms with Crippen LogP contribution in [0.5, 0.6) is 0 Å². The topological polar surface area (TPSA) is 60.2 Å². The number of ether oxygens (including phenoxy) is 1. The normalized spacial score (nSPS) is 16.5. The summed E-state index contributed by atoms with van der Waals surface area (Å²) in [6.07, 6.45) is 2.91. The van der Waals surface area contributed by atoms with Crippen LogP contribution in [-0.4, -0.2) is 30.3 Å². The van der Waals surface area contributed by atoms with E-state index >= 15 is 0 Å². The number of aromatic nitrogens is 2. The fraction of sp³-hybridized carbons (Fsp3) is 0.846. The molecule has 1 N–H and O–H groups in total. The Morgan fingerprint density at radius 2 is 2.11 bits per heavy atom. The molecule has 0 saturated heterocycles. The first-order chi connectivity index (χ1) is 8.67. The van der Waals surface area contributed by atoms with Gasteiger partial charge in [-0.25, -0.2) is 0 Å². The first-order valence-corrected chi connectivity index (χ1v) is 6.71. The molecule has 1 aromatic heterocycles. The largest absolute Gasteiger partial charge is 0.373 e. The molecular formula is C13H25N3O2. The summed E-state index contributed by atoms with van der Waals surface area (Å²) in [5.74, 6) is 1.55. The van der Waals surface area contributed by atoms with E-state index in [2.05, 4.69) is 36.2 Å². The summed E-state index contributed by atoms with van der Waals surface area (Å²) in [4.78, 5) is 4.47. The van der Waals surface area contributed by atoms with E-state index in [1.807, 2.05) is 7.05 Å². The Labute approximate surface area is 109 Å². The lowest BCUT2D eigenvalue weighted by Gasteiger charge is -2.18. The van der Waals surface area contributed by atoms with Crippen LogP contribution >= 0.6 is 0 Å². The molecule has 0 radical (unpaired) electrons. The minimum Gasteiger partial charge on any atom is -0.373 e. The van der Waals surface area contributed by atoms with E-state index in [4.69, 9.17) is 9.26 Å². The highest BCUT2D eigenvalue weighted by atomic mass is 16.5. The van der Waals surface area contributed by atoms with Gasteiger partial charge in [-0.1, -0.05) is 32.3 Å². The lowest BCUT2D eigenvalue weighted by molar-refractivity contribution is 0.0854. The smallest absolute Gasteiger partial charge is 0.231 e. The molecule has 3 unspecified atom stereocenters. The molecule has 1 heterocycles. The predicted octanol–water partition coefficient (Wildman–Crippen LogP) is 2.66. The van der Waals surface area contributed by atoms with Crippen molar-refractivity contribution in [3.63, 3.8) is 0 Å². The highest BCUT2D eigenvalue weighted by Gasteiger charge is 2.24. The number of rotatable bonds is 8. The lowest BCUT2D eigenvalue weighted by Crippen LogP contribution is -2.30. The molecule has 18 heavy (non-hydrogen) atoms. The van der Waals surface area contributed by atoms with E-state index in [0.29, 0.717) is 17.8 Å². The van der Waals surface area contributed by atoms with Crippen molar-refractivity contribution in [2.75, 3.05) is 14.2 Å². The van der Waals surface area contributed by atoms with E-state index in [0.717, 1.165) is 19.3 Å². The van der Waals surface area contributed by atoms with Gasteiger partial charge < -0.3 is 14.6 Å². The van der Waals surface area contributed by atoms with E-state index < -0.39 is 0 Å². The lowest BCUT2D eigenvalue weighted by atomic mass is 10.00. The second-order valence-corrected chi connectivity index (χ2v) is 4.60. The number of methoxy groups -OCH3 is 1. The Bertz CT molecular complexity index is 337. The van der Waals surface area contributed by atoms with E-state index in [9.17, 15) is 0 Å². The van der Waals surface area contributed by atoms with Crippen LogP contribution in [0, 0.1) is 0 Å². The average Bonchev–Trinajstić information content (AvgIpc) is 2.86. The molecule has 5 nitrogen and oxygen atoms in total. The van der Waals surface area contributed by atoms with Crippen molar-refractivity contribution in [3.8, 4) is 0 Å². The third kappa shape index (κ3) is 3.53. The molecule has 0 bridgehead atoms. The predicted molar refractivity (Wildman–Crippen MR) is 70.5 cm³/mol. The van der Waals surface area contributed by atoms with Crippen molar-refractivity contribution in [3.05, 3.63) is 11.7 Å². The fourth-order valence-corrected chi connectivity index (χ4v) is 2.16. The number of nitrogens with one attached hydrogen (secondary N) is 1. The van der Waals surface area contributed by atoms with Crippen LogP contribution in [0.4, 0.5) is 0 Å². The molecule has 0 aliphatic rings. The molecule has 104 valence electrons. The Morgan fingerprint density at radius 1 is 1.39 bits per heavy atom. The monoisotopic (exact) mass is 255 g/mol. The van der Waals surface area contributed by atoms with Crippen LogP contribution in [0.15, 0.2) is 4.52 Å². The van der Waals surface area contributed by atoms with Gasteiger partial charge in [-0.05, 0) is 19.9 Å². The molecule has 0 fully saturated rings. The summed E-state index contributed by atoms with van der Waals surface area (Å²) in [7, 11) is 3.64. The fourth-order valence-electron chi connectivity index (χ4n) is 2.16. The van der Waals surface area contributed by atoms with Gasteiger partial charge in [0, 0.05) is 13.2 Å². The van der Waals surface area contributed by atoms with Gasteiger partial charge in [-0.15, -0.1) is 0 Å². The number of likely N-dealkylation sites (N-methyl/N-ethyl adjacent to an activating group) is 1. The van der Waals surface area contributed by atoms with Crippen molar-refractivity contribution < 1.29 is 9.26 Å². The van der Waals surface area contributed by atoms with Gasteiger partial charge in [-0.3, -0.25) is 0 Å². The third-order valence-corrected chi connectivity index (χ3v) is 3.38. The van der Waals surface area contributed by atoms with Gasteiger partial charge >= 0.3 is 0 Å². The molecule has 3 atom stereocenters. The second-order valence-electron chi connectivity index (χ2n) is 4.60. The standard InChI is InChI=1S/C13H25N3O2/c1-6-8-11(17-5)12-15-13(18-16-12)9(3)10(7-2)14-4/h9-11,14H,6-8H2,1-5H3. The third-order valence-electron chi connectivity index (χ3n) is 3.38. The highest BCUT2D eigenvalue weighted by Crippen LogP contribution is 2.24. The molecule has 0 saturated carbocycles. The second kappa shape index (κ2) is 7.48.